The summed E-state index contributed by atoms with van der Waals surface area (Å²) in [5.41, 5.74) is 0.624. The molecule has 0 aliphatic carbocycles. The van der Waals surface area contributed by atoms with Gasteiger partial charge in [0.2, 0.25) is 0 Å². The number of benzene rings is 1. The second-order valence-corrected chi connectivity index (χ2v) is 3.95. The molecule has 2 aromatic rings. The Morgan fingerprint density at radius 3 is 2.69 bits per heavy atom. The van der Waals surface area contributed by atoms with Crippen molar-refractivity contribution < 1.29 is 12.9 Å². The van der Waals surface area contributed by atoms with Crippen LogP contribution in [0.15, 0.2) is 39.6 Å². The second kappa shape index (κ2) is 4.42. The van der Waals surface area contributed by atoms with Crippen molar-refractivity contribution in [3.8, 4) is 11.4 Å². The molecule has 0 bridgehead atoms. The topological polar surface area (TPSA) is 74.3 Å². The summed E-state index contributed by atoms with van der Waals surface area (Å²) in [7, 11) is 1.23. The van der Waals surface area contributed by atoms with Crippen LogP contribution in [0.1, 0.15) is 0 Å². The maximum Gasteiger partial charge on any atom is 0.456 e. The van der Waals surface area contributed by atoms with E-state index in [0.717, 1.165) is 3.97 Å². The standard InChI is InChI=1S/C9H8N2O4S/c1-14-16(13)11-8(10-15-9(11)12)7-5-3-2-4-6-7/h2-6H,1H3. The average molecular weight is 240 g/mol. The molecule has 2 rings (SSSR count). The van der Waals surface area contributed by atoms with Gasteiger partial charge < -0.3 is 0 Å². The van der Waals surface area contributed by atoms with Crippen LogP contribution < -0.4 is 5.76 Å². The summed E-state index contributed by atoms with van der Waals surface area (Å²) in [6.07, 6.45) is 0. The van der Waals surface area contributed by atoms with Crippen LogP contribution in [0, 0.1) is 0 Å². The fourth-order valence-corrected chi connectivity index (χ4v) is 1.79. The third-order valence-corrected chi connectivity index (χ3v) is 2.80. The van der Waals surface area contributed by atoms with Crippen LogP contribution in [0.3, 0.4) is 0 Å². The molecule has 6 nitrogen and oxygen atoms in total. The lowest BCUT2D eigenvalue weighted by Gasteiger charge is -2.00. The lowest BCUT2D eigenvalue weighted by atomic mass is 10.2. The largest absolute Gasteiger partial charge is 0.456 e. The van der Waals surface area contributed by atoms with Gasteiger partial charge in [0.1, 0.15) is 0 Å². The molecule has 0 saturated heterocycles. The molecule has 84 valence electrons. The molecule has 1 aromatic heterocycles. The first kappa shape index (κ1) is 10.8. The SMILES string of the molecule is COS(=O)n1c(-c2ccccc2)noc1=O. The van der Waals surface area contributed by atoms with Crippen LogP contribution in [0.25, 0.3) is 11.4 Å². The van der Waals surface area contributed by atoms with Crippen molar-refractivity contribution in [2.24, 2.45) is 0 Å². The number of hydrogen-bond donors (Lipinski definition) is 0. The lowest BCUT2D eigenvalue weighted by molar-refractivity contribution is 0.381. The molecule has 0 aliphatic heterocycles. The molecule has 16 heavy (non-hydrogen) atoms. The molecule has 0 aliphatic rings. The minimum atomic E-state index is -1.93. The van der Waals surface area contributed by atoms with Gasteiger partial charge in [0.25, 0.3) is 11.3 Å². The normalized spacial score (nSPS) is 12.6. The Hall–Kier alpha value is -1.73. The number of aromatic nitrogens is 2. The van der Waals surface area contributed by atoms with Crippen LogP contribution in [-0.4, -0.2) is 20.4 Å². The van der Waals surface area contributed by atoms with Crippen LogP contribution in [0.4, 0.5) is 0 Å². The Kier molecular flexibility index (Phi) is 2.97. The third-order valence-electron chi connectivity index (χ3n) is 1.89. The van der Waals surface area contributed by atoms with E-state index in [0.29, 0.717) is 5.56 Å². The summed E-state index contributed by atoms with van der Waals surface area (Å²) in [6.45, 7) is 0. The summed E-state index contributed by atoms with van der Waals surface area (Å²) in [5, 5.41) is 3.56. The van der Waals surface area contributed by atoms with Gasteiger partial charge in [-0.1, -0.05) is 35.5 Å². The molecule has 1 atom stereocenters. The third kappa shape index (κ3) is 1.82. The van der Waals surface area contributed by atoms with E-state index in [1.807, 2.05) is 6.07 Å². The molecule has 0 radical (unpaired) electrons. The van der Waals surface area contributed by atoms with E-state index < -0.39 is 17.0 Å². The minimum absolute atomic E-state index is 0.172. The first-order valence-corrected chi connectivity index (χ1v) is 5.38. The summed E-state index contributed by atoms with van der Waals surface area (Å²) < 4.78 is 21.3. The number of nitrogens with zero attached hydrogens (tertiary/aromatic N) is 2. The maximum atomic E-state index is 11.4. The Bertz CT molecular complexity index is 560. The van der Waals surface area contributed by atoms with E-state index in [1.54, 1.807) is 24.3 Å². The zero-order valence-electron chi connectivity index (χ0n) is 8.32. The van der Waals surface area contributed by atoms with E-state index in [9.17, 15) is 9.00 Å². The van der Waals surface area contributed by atoms with E-state index in [4.69, 9.17) is 0 Å². The second-order valence-electron chi connectivity index (χ2n) is 2.82. The van der Waals surface area contributed by atoms with Crippen molar-refractivity contribution in [3.63, 3.8) is 0 Å². The van der Waals surface area contributed by atoms with E-state index in [-0.39, 0.29) is 5.82 Å². The first-order chi connectivity index (χ1) is 7.74. The summed E-state index contributed by atoms with van der Waals surface area (Å²) >= 11 is -1.93. The van der Waals surface area contributed by atoms with Crippen molar-refractivity contribution >= 4 is 11.3 Å². The van der Waals surface area contributed by atoms with Gasteiger partial charge in [-0.15, -0.1) is 3.97 Å². The fraction of sp³-hybridized carbons (Fsp3) is 0.111. The van der Waals surface area contributed by atoms with Crippen LogP contribution in [0.5, 0.6) is 0 Å². The van der Waals surface area contributed by atoms with Crippen molar-refractivity contribution in [1.29, 1.82) is 0 Å². The monoisotopic (exact) mass is 240 g/mol. The molecular weight excluding hydrogens is 232 g/mol. The predicted octanol–water partition coefficient (Wildman–Crippen LogP) is 0.576. The van der Waals surface area contributed by atoms with Gasteiger partial charge in [-0.05, 0) is 0 Å². The Morgan fingerprint density at radius 2 is 2.06 bits per heavy atom. The highest BCUT2D eigenvalue weighted by molar-refractivity contribution is 7.78. The van der Waals surface area contributed by atoms with Crippen molar-refractivity contribution in [1.82, 2.24) is 9.13 Å². The Morgan fingerprint density at radius 1 is 1.38 bits per heavy atom. The molecule has 1 unspecified atom stereocenters. The highest BCUT2D eigenvalue weighted by Crippen LogP contribution is 2.15. The summed E-state index contributed by atoms with van der Waals surface area (Å²) in [5.74, 6) is -0.648. The van der Waals surface area contributed by atoms with Gasteiger partial charge in [0.15, 0.2) is 5.82 Å². The van der Waals surface area contributed by atoms with Crippen LogP contribution >= 0.6 is 0 Å². The summed E-state index contributed by atoms with van der Waals surface area (Å²) in [6, 6.07) is 8.81. The van der Waals surface area contributed by atoms with Gasteiger partial charge in [0.05, 0.1) is 7.11 Å². The number of hydrogen-bond acceptors (Lipinski definition) is 5. The zero-order valence-corrected chi connectivity index (χ0v) is 9.14. The maximum absolute atomic E-state index is 11.4. The molecule has 0 amide bonds. The number of rotatable bonds is 3. The molecule has 0 N–H and O–H groups in total. The molecule has 0 saturated carbocycles. The Labute approximate surface area is 93.2 Å². The smallest absolute Gasteiger partial charge is 0.295 e. The minimum Gasteiger partial charge on any atom is -0.295 e. The first-order valence-electron chi connectivity index (χ1n) is 4.35. The molecule has 1 heterocycles. The fourth-order valence-electron chi connectivity index (χ4n) is 1.21. The van der Waals surface area contributed by atoms with Gasteiger partial charge in [-0.3, -0.25) is 8.71 Å². The Balaban J connectivity index is 2.59. The van der Waals surface area contributed by atoms with Gasteiger partial charge in [0, 0.05) is 5.56 Å². The van der Waals surface area contributed by atoms with E-state index in [1.165, 1.54) is 7.11 Å². The van der Waals surface area contributed by atoms with Gasteiger partial charge >= 0.3 is 5.76 Å². The van der Waals surface area contributed by atoms with Gasteiger partial charge in [-0.25, -0.2) is 9.00 Å². The van der Waals surface area contributed by atoms with Crippen molar-refractivity contribution in [3.05, 3.63) is 40.9 Å². The van der Waals surface area contributed by atoms with Gasteiger partial charge in [-0.2, -0.15) is 0 Å². The van der Waals surface area contributed by atoms with Crippen molar-refractivity contribution in [2.45, 2.75) is 0 Å². The zero-order chi connectivity index (χ0) is 11.5. The van der Waals surface area contributed by atoms with E-state index in [2.05, 4.69) is 13.9 Å². The summed E-state index contributed by atoms with van der Waals surface area (Å²) in [4.78, 5) is 11.3. The lowest BCUT2D eigenvalue weighted by Crippen LogP contribution is -2.20. The molecule has 1 aromatic carbocycles. The van der Waals surface area contributed by atoms with Crippen LogP contribution in [-0.2, 0) is 15.4 Å². The van der Waals surface area contributed by atoms with Crippen LogP contribution in [0.2, 0.25) is 0 Å². The molecule has 7 heteroatoms. The molecular formula is C9H8N2O4S. The highest BCUT2D eigenvalue weighted by Gasteiger charge is 2.17. The van der Waals surface area contributed by atoms with Crippen molar-refractivity contribution in [2.75, 3.05) is 7.11 Å². The quantitative estimate of drug-likeness (QED) is 0.784. The molecule has 0 spiro atoms. The average Bonchev–Trinajstić information content (AvgIpc) is 2.71. The predicted molar refractivity (Wildman–Crippen MR) is 56.7 cm³/mol. The molecule has 0 fully saturated rings. The highest BCUT2D eigenvalue weighted by atomic mass is 32.2. The van der Waals surface area contributed by atoms with E-state index >= 15 is 0 Å².